The van der Waals surface area contributed by atoms with Crippen molar-refractivity contribution in [3.05, 3.63) is 28.8 Å². The maximum atomic E-state index is 12.3. The lowest BCUT2D eigenvalue weighted by Gasteiger charge is -2.18. The first-order chi connectivity index (χ1) is 14.0. The first-order valence-corrected chi connectivity index (χ1v) is 10.6. The van der Waals surface area contributed by atoms with E-state index in [4.69, 9.17) is 10.00 Å². The molecule has 1 atom stereocenters. The van der Waals surface area contributed by atoms with Crippen molar-refractivity contribution < 1.29 is 14.3 Å². The number of benzene rings is 1. The van der Waals surface area contributed by atoms with Crippen molar-refractivity contribution in [2.24, 2.45) is 0 Å². The molecule has 6 nitrogen and oxygen atoms in total. The number of hydrogen-bond acceptors (Lipinski definition) is 5. The van der Waals surface area contributed by atoms with Gasteiger partial charge >= 0.3 is 5.97 Å². The average Bonchev–Trinajstić information content (AvgIpc) is 3.06. The highest BCUT2D eigenvalue weighted by Crippen LogP contribution is 2.24. The summed E-state index contributed by atoms with van der Waals surface area (Å²) in [4.78, 5) is 24.2. The van der Waals surface area contributed by atoms with Gasteiger partial charge in [0, 0.05) is 0 Å². The molecule has 1 amide bonds. The molecule has 0 aromatic heterocycles. The molecular formula is C23H35N3O3. The molecule has 2 N–H and O–H groups in total. The highest BCUT2D eigenvalue weighted by molar-refractivity contribution is 6.04. The van der Waals surface area contributed by atoms with Crippen molar-refractivity contribution in [1.29, 1.82) is 5.26 Å². The number of amides is 1. The van der Waals surface area contributed by atoms with E-state index >= 15 is 0 Å². The molecule has 1 aromatic carbocycles. The molecule has 0 saturated heterocycles. The maximum Gasteiger partial charge on any atom is 0.340 e. The second-order valence-corrected chi connectivity index (χ2v) is 7.41. The molecule has 0 heterocycles. The van der Waals surface area contributed by atoms with Crippen LogP contribution in [0.5, 0.6) is 0 Å². The van der Waals surface area contributed by atoms with Gasteiger partial charge in [-0.2, -0.15) is 5.26 Å². The van der Waals surface area contributed by atoms with E-state index in [0.29, 0.717) is 23.2 Å². The summed E-state index contributed by atoms with van der Waals surface area (Å²) in [6.45, 7) is 3.72. The van der Waals surface area contributed by atoms with Gasteiger partial charge in [0.15, 0.2) is 0 Å². The number of carbonyl (C=O) groups is 2. The van der Waals surface area contributed by atoms with Gasteiger partial charge in [-0.25, -0.2) is 4.79 Å². The Morgan fingerprint density at radius 3 is 2.10 bits per heavy atom. The normalized spacial score (nSPS) is 14.4. The number of nitrogens with one attached hydrogen (secondary N) is 2. The van der Waals surface area contributed by atoms with Gasteiger partial charge in [-0.1, -0.05) is 58.3 Å². The summed E-state index contributed by atoms with van der Waals surface area (Å²) in [7, 11) is 2.97. The summed E-state index contributed by atoms with van der Waals surface area (Å²) >= 11 is 0. The number of hydrogen-bond donors (Lipinski definition) is 2. The summed E-state index contributed by atoms with van der Waals surface area (Å²) in [6.07, 6.45) is 12.0. The predicted molar refractivity (Wildman–Crippen MR) is 116 cm³/mol. The fraction of sp³-hybridized carbons (Fsp3) is 0.609. The van der Waals surface area contributed by atoms with E-state index in [1.807, 2.05) is 13.0 Å². The highest BCUT2D eigenvalue weighted by Gasteiger charge is 2.21. The van der Waals surface area contributed by atoms with Gasteiger partial charge in [0.2, 0.25) is 5.91 Å². The van der Waals surface area contributed by atoms with Crippen LogP contribution in [-0.4, -0.2) is 32.1 Å². The quantitative estimate of drug-likeness (QED) is 0.532. The molecule has 1 saturated carbocycles. The van der Waals surface area contributed by atoms with E-state index in [1.54, 1.807) is 20.0 Å². The summed E-state index contributed by atoms with van der Waals surface area (Å²) in [5, 5.41) is 14.7. The molecule has 0 aliphatic heterocycles. The number of likely N-dealkylation sites (N-methyl/N-ethyl adjacent to an activating group) is 1. The summed E-state index contributed by atoms with van der Waals surface area (Å²) in [6, 6.07) is 4.69. The van der Waals surface area contributed by atoms with Gasteiger partial charge in [-0.15, -0.1) is 0 Å². The van der Waals surface area contributed by atoms with Crippen molar-refractivity contribution in [2.75, 3.05) is 19.5 Å². The van der Waals surface area contributed by atoms with Crippen LogP contribution in [0.25, 0.3) is 0 Å². The largest absolute Gasteiger partial charge is 0.465 e. The topological polar surface area (TPSA) is 91.2 Å². The van der Waals surface area contributed by atoms with Crippen LogP contribution in [0.1, 0.15) is 86.2 Å². The molecule has 0 spiro atoms. The monoisotopic (exact) mass is 401 g/mol. The van der Waals surface area contributed by atoms with E-state index in [0.717, 1.165) is 6.42 Å². The molecule has 160 valence electrons. The zero-order valence-corrected chi connectivity index (χ0v) is 18.3. The van der Waals surface area contributed by atoms with Gasteiger partial charge in [0.05, 0.1) is 36.0 Å². The molecule has 1 aliphatic rings. The molecule has 1 aliphatic carbocycles. The Morgan fingerprint density at radius 1 is 1.14 bits per heavy atom. The number of esters is 1. The molecule has 2 rings (SSSR count). The summed E-state index contributed by atoms with van der Waals surface area (Å²) < 4.78 is 4.73. The lowest BCUT2D eigenvalue weighted by Crippen LogP contribution is -2.38. The number of nitriles is 1. The lowest BCUT2D eigenvalue weighted by molar-refractivity contribution is -0.118. The van der Waals surface area contributed by atoms with E-state index in [2.05, 4.69) is 10.6 Å². The zero-order chi connectivity index (χ0) is 21.6. The van der Waals surface area contributed by atoms with Crippen molar-refractivity contribution in [3.63, 3.8) is 0 Å². The smallest absolute Gasteiger partial charge is 0.340 e. The van der Waals surface area contributed by atoms with E-state index < -0.39 is 5.97 Å². The number of aryl methyl sites for hydroxylation is 1. The minimum atomic E-state index is -0.591. The van der Waals surface area contributed by atoms with Gasteiger partial charge < -0.3 is 15.4 Å². The lowest BCUT2D eigenvalue weighted by atomic mass is 10.0. The van der Waals surface area contributed by atoms with E-state index in [-0.39, 0.29) is 17.5 Å². The molecule has 1 aromatic rings. The third-order valence-electron chi connectivity index (χ3n) is 5.11. The fourth-order valence-corrected chi connectivity index (χ4v) is 3.43. The highest BCUT2D eigenvalue weighted by atomic mass is 16.5. The van der Waals surface area contributed by atoms with Crippen LogP contribution in [0.15, 0.2) is 12.1 Å². The van der Waals surface area contributed by atoms with Crippen LogP contribution in [0.2, 0.25) is 0 Å². The van der Waals surface area contributed by atoms with E-state index in [1.165, 1.54) is 58.1 Å². The Labute approximate surface area is 175 Å². The van der Waals surface area contributed by atoms with Gasteiger partial charge in [-0.3, -0.25) is 4.79 Å². The summed E-state index contributed by atoms with van der Waals surface area (Å²) in [5.41, 5.74) is 1.54. The molecule has 0 radical (unpaired) electrons. The van der Waals surface area contributed by atoms with Crippen molar-refractivity contribution in [1.82, 2.24) is 5.32 Å². The Morgan fingerprint density at radius 2 is 1.69 bits per heavy atom. The molecule has 1 fully saturated rings. The Bertz CT molecular complexity index is 690. The standard InChI is InChI=1S/C16H21N3O3.C7H14/c1-5-6-13(18-3)15(20)19-14-10(2)7-11(9-17)8-12(14)16(21)22-4;1-2-4-6-7-5-3-1/h7-8,13,18H,5-6H2,1-4H3,(H,19,20);1-7H2. The van der Waals surface area contributed by atoms with E-state index in [9.17, 15) is 9.59 Å². The Kier molecular flexibility index (Phi) is 11.7. The van der Waals surface area contributed by atoms with Gasteiger partial charge in [0.25, 0.3) is 0 Å². The molecule has 6 heteroatoms. The van der Waals surface area contributed by atoms with Crippen LogP contribution >= 0.6 is 0 Å². The number of anilines is 1. The molecular weight excluding hydrogens is 366 g/mol. The Hall–Kier alpha value is -2.39. The third-order valence-corrected chi connectivity index (χ3v) is 5.11. The first kappa shape index (κ1) is 24.6. The number of methoxy groups -OCH3 is 1. The first-order valence-electron chi connectivity index (χ1n) is 10.6. The van der Waals surface area contributed by atoms with Crippen molar-refractivity contribution >= 4 is 17.6 Å². The van der Waals surface area contributed by atoms with Crippen molar-refractivity contribution in [2.45, 2.75) is 77.7 Å². The number of carbonyl (C=O) groups excluding carboxylic acids is 2. The van der Waals surface area contributed by atoms with Crippen LogP contribution in [0.4, 0.5) is 5.69 Å². The Balaban J connectivity index is 0.000000502. The predicted octanol–water partition coefficient (Wildman–Crippen LogP) is 4.71. The van der Waals surface area contributed by atoms with Gasteiger partial charge in [0.1, 0.15) is 0 Å². The number of nitrogens with zero attached hydrogens (tertiary/aromatic N) is 1. The maximum absolute atomic E-state index is 12.3. The number of ether oxygens (including phenoxy) is 1. The van der Waals surface area contributed by atoms with Crippen LogP contribution in [-0.2, 0) is 9.53 Å². The van der Waals surface area contributed by atoms with Crippen molar-refractivity contribution in [3.8, 4) is 6.07 Å². The number of rotatable bonds is 6. The minimum Gasteiger partial charge on any atom is -0.465 e. The second kappa shape index (κ2) is 13.7. The van der Waals surface area contributed by atoms with Crippen LogP contribution in [0.3, 0.4) is 0 Å². The summed E-state index contributed by atoms with van der Waals surface area (Å²) in [5.74, 6) is -0.811. The fourth-order valence-electron chi connectivity index (χ4n) is 3.43. The molecule has 1 unspecified atom stereocenters. The van der Waals surface area contributed by atoms with Crippen LogP contribution < -0.4 is 10.6 Å². The molecule has 29 heavy (non-hydrogen) atoms. The van der Waals surface area contributed by atoms with Crippen LogP contribution in [0, 0.1) is 18.3 Å². The third kappa shape index (κ3) is 8.25. The zero-order valence-electron chi connectivity index (χ0n) is 18.3. The SMILES string of the molecule is C1CCCCCC1.CCCC(NC)C(=O)Nc1c(C)cc(C#N)cc1C(=O)OC. The minimum absolute atomic E-state index is 0.179. The average molecular weight is 402 g/mol. The molecule has 0 bridgehead atoms. The van der Waals surface area contributed by atoms with Gasteiger partial charge in [-0.05, 0) is 38.1 Å². The second-order valence-electron chi connectivity index (χ2n) is 7.41.